The second-order valence-electron chi connectivity index (χ2n) is 13.6. The number of hydrogen-bond donors (Lipinski definition) is 3. The van der Waals surface area contributed by atoms with E-state index >= 15 is 4.39 Å². The summed E-state index contributed by atoms with van der Waals surface area (Å²) in [6.45, 7) is 13.9. The number of nitrogens with zero attached hydrogens (tertiary/aromatic N) is 2. The van der Waals surface area contributed by atoms with Gasteiger partial charge in [0.1, 0.15) is 17.6 Å². The van der Waals surface area contributed by atoms with Crippen LogP contribution >= 0.6 is 0 Å². The van der Waals surface area contributed by atoms with Crippen molar-refractivity contribution in [2.75, 3.05) is 6.54 Å². The smallest absolute Gasteiger partial charge is 0.416 e. The molecule has 1 aromatic heterocycles. The van der Waals surface area contributed by atoms with Gasteiger partial charge in [0.15, 0.2) is 0 Å². The number of carboxylic acids is 1. The molecule has 4 rings (SSSR count). The fraction of sp³-hybridized carbons (Fsp3) is 0.459. The van der Waals surface area contributed by atoms with Crippen LogP contribution in [-0.2, 0) is 28.7 Å². The Kier molecular flexibility index (Phi) is 11.5. The quantitative estimate of drug-likeness (QED) is 0.186. The summed E-state index contributed by atoms with van der Waals surface area (Å²) in [7, 11) is 0. The molecule has 0 fully saturated rings. The molecule has 0 unspecified atom stereocenters. The summed E-state index contributed by atoms with van der Waals surface area (Å²) < 4.78 is 56.1. The number of benzene rings is 2. The van der Waals surface area contributed by atoms with Crippen molar-refractivity contribution in [3.63, 3.8) is 0 Å². The first kappa shape index (κ1) is 37.5. The number of aliphatic carboxylic acids is 1. The third kappa shape index (κ3) is 9.03. The van der Waals surface area contributed by atoms with Gasteiger partial charge in [-0.2, -0.15) is 13.2 Å². The van der Waals surface area contributed by atoms with Crippen molar-refractivity contribution in [3.05, 3.63) is 87.0 Å². The van der Waals surface area contributed by atoms with Crippen LogP contribution in [0.1, 0.15) is 96.1 Å². The summed E-state index contributed by atoms with van der Waals surface area (Å²) in [5.41, 5.74) is 2.59. The molecule has 0 bridgehead atoms. The molecule has 8 nitrogen and oxygen atoms in total. The second kappa shape index (κ2) is 15.1. The zero-order valence-corrected chi connectivity index (χ0v) is 28.9. The van der Waals surface area contributed by atoms with E-state index in [0.717, 1.165) is 36.4 Å². The van der Waals surface area contributed by atoms with Gasteiger partial charge in [-0.1, -0.05) is 19.9 Å². The molecule has 2 amide bonds. The maximum atomic E-state index is 15.8. The number of pyridine rings is 1. The van der Waals surface area contributed by atoms with Crippen molar-refractivity contribution in [1.29, 1.82) is 0 Å². The number of nitrogens with one attached hydrogen (secondary N) is 2. The fourth-order valence-corrected chi connectivity index (χ4v) is 6.40. The predicted molar refractivity (Wildman–Crippen MR) is 178 cm³/mol. The highest BCUT2D eigenvalue weighted by Gasteiger charge is 2.33. The Morgan fingerprint density at radius 2 is 1.61 bits per heavy atom. The summed E-state index contributed by atoms with van der Waals surface area (Å²) >= 11 is 0. The van der Waals surface area contributed by atoms with E-state index in [9.17, 15) is 32.7 Å². The van der Waals surface area contributed by atoms with Crippen LogP contribution in [-0.4, -0.2) is 51.4 Å². The van der Waals surface area contributed by atoms with Crippen molar-refractivity contribution in [1.82, 2.24) is 20.5 Å². The normalized spacial score (nSPS) is 14.8. The summed E-state index contributed by atoms with van der Waals surface area (Å²) in [5.74, 6) is -3.40. The summed E-state index contributed by atoms with van der Waals surface area (Å²) in [6, 6.07) is 6.21. The lowest BCUT2D eigenvalue weighted by Crippen LogP contribution is -2.49. The first-order valence-corrected chi connectivity index (χ1v) is 16.4. The van der Waals surface area contributed by atoms with Gasteiger partial charge in [-0.25, -0.2) is 9.37 Å². The summed E-state index contributed by atoms with van der Waals surface area (Å²) in [4.78, 5) is 46.1. The SMILES string of the molecule is Cc1cc(-c2c(C)cc(C(F)(F)F)cc2C)cc([C@H](CC(=O)O)NC(=O)[C@H](CC(C)C)NC(=O)c2ccc3c(n2)CN(C(C)C)CC3)c1F. The van der Waals surface area contributed by atoms with E-state index in [4.69, 9.17) is 0 Å². The van der Waals surface area contributed by atoms with E-state index in [1.165, 1.54) is 32.9 Å². The number of aryl methyl sites for hydroxylation is 3. The molecule has 0 radical (unpaired) electrons. The molecule has 2 atom stereocenters. The number of carbonyl (C=O) groups is 3. The zero-order valence-electron chi connectivity index (χ0n) is 28.9. The Hall–Kier alpha value is -4.32. The van der Waals surface area contributed by atoms with Gasteiger partial charge >= 0.3 is 12.1 Å². The maximum absolute atomic E-state index is 15.8. The molecule has 264 valence electrons. The van der Waals surface area contributed by atoms with Crippen LogP contribution in [0.4, 0.5) is 17.6 Å². The van der Waals surface area contributed by atoms with Gasteiger partial charge in [-0.15, -0.1) is 0 Å². The Bertz CT molecular complexity index is 1710. The zero-order chi connectivity index (χ0) is 36.4. The lowest BCUT2D eigenvalue weighted by molar-refractivity contribution is -0.138. The number of hydrogen-bond acceptors (Lipinski definition) is 5. The number of halogens is 4. The van der Waals surface area contributed by atoms with Gasteiger partial charge in [-0.3, -0.25) is 19.3 Å². The standard InChI is InChI=1S/C37H44F4N4O4/c1-19(2)12-30(44-35(48)28-9-8-24-10-11-45(20(3)4)18-31(24)42-28)36(49)43-29(17-32(46)47)27-16-25(13-23(7)34(27)38)33-21(5)14-26(15-22(33)6)37(39,40)41/h8-9,13-16,19-20,29-30H,10-12,17-18H2,1-7H3,(H,43,49)(H,44,48)(H,46,47)/t29-,30-/m0/s1. The van der Waals surface area contributed by atoms with Crippen LogP contribution < -0.4 is 10.6 Å². The molecule has 0 spiro atoms. The molecule has 2 heterocycles. The molecule has 12 heteroatoms. The first-order chi connectivity index (χ1) is 22.8. The van der Waals surface area contributed by atoms with Crippen LogP contribution in [0.25, 0.3) is 11.1 Å². The number of carboxylic acid groups (broad SMARTS) is 1. The van der Waals surface area contributed by atoms with Crippen molar-refractivity contribution >= 4 is 17.8 Å². The number of rotatable bonds is 11. The lowest BCUT2D eigenvalue weighted by Gasteiger charge is -2.31. The number of amides is 2. The maximum Gasteiger partial charge on any atom is 0.416 e. The average Bonchev–Trinajstić information content (AvgIpc) is 3.00. The van der Waals surface area contributed by atoms with Gasteiger partial charge in [0, 0.05) is 24.7 Å². The number of aromatic nitrogens is 1. The third-order valence-corrected chi connectivity index (χ3v) is 8.88. The highest BCUT2D eigenvalue weighted by atomic mass is 19.4. The van der Waals surface area contributed by atoms with Gasteiger partial charge in [0.25, 0.3) is 5.91 Å². The second-order valence-corrected chi connectivity index (χ2v) is 13.6. The Morgan fingerprint density at radius 3 is 2.18 bits per heavy atom. The summed E-state index contributed by atoms with van der Waals surface area (Å²) in [6.07, 6.45) is -4.23. The Balaban J connectivity index is 1.65. The lowest BCUT2D eigenvalue weighted by atomic mass is 9.89. The Morgan fingerprint density at radius 1 is 0.959 bits per heavy atom. The molecule has 2 aromatic carbocycles. The van der Waals surface area contributed by atoms with Crippen molar-refractivity contribution in [3.8, 4) is 11.1 Å². The molecule has 0 saturated carbocycles. The van der Waals surface area contributed by atoms with E-state index in [0.29, 0.717) is 34.8 Å². The first-order valence-electron chi connectivity index (χ1n) is 16.4. The van der Waals surface area contributed by atoms with Crippen LogP contribution in [0.3, 0.4) is 0 Å². The minimum Gasteiger partial charge on any atom is -0.481 e. The van der Waals surface area contributed by atoms with Gasteiger partial charge < -0.3 is 15.7 Å². The highest BCUT2D eigenvalue weighted by molar-refractivity contribution is 5.96. The van der Waals surface area contributed by atoms with Crippen LogP contribution in [0, 0.1) is 32.5 Å². The van der Waals surface area contributed by atoms with E-state index < -0.39 is 53.8 Å². The number of fused-ring (bicyclic) bond motifs is 1. The fourth-order valence-electron chi connectivity index (χ4n) is 6.40. The minimum atomic E-state index is -4.55. The minimum absolute atomic E-state index is 0.0574. The molecule has 1 aliphatic heterocycles. The summed E-state index contributed by atoms with van der Waals surface area (Å²) in [5, 5.41) is 15.2. The monoisotopic (exact) mass is 684 g/mol. The molecular formula is C37H44F4N4O4. The Labute approximate surface area is 284 Å². The highest BCUT2D eigenvalue weighted by Crippen LogP contribution is 2.37. The van der Waals surface area contributed by atoms with Crippen LogP contribution in [0.2, 0.25) is 0 Å². The number of alkyl halides is 3. The molecule has 49 heavy (non-hydrogen) atoms. The van der Waals surface area contributed by atoms with Gasteiger partial charge in [0.2, 0.25) is 5.91 Å². The predicted octanol–water partition coefficient (Wildman–Crippen LogP) is 7.07. The van der Waals surface area contributed by atoms with E-state index in [1.807, 2.05) is 19.9 Å². The van der Waals surface area contributed by atoms with Gasteiger partial charge in [0.05, 0.1) is 23.7 Å². The van der Waals surface area contributed by atoms with Crippen molar-refractivity contribution in [2.45, 2.75) is 98.6 Å². The van der Waals surface area contributed by atoms with Crippen molar-refractivity contribution in [2.24, 2.45) is 5.92 Å². The molecule has 0 saturated heterocycles. The van der Waals surface area contributed by atoms with E-state index in [1.54, 1.807) is 6.07 Å². The van der Waals surface area contributed by atoms with Crippen LogP contribution in [0.15, 0.2) is 36.4 Å². The van der Waals surface area contributed by atoms with Crippen molar-refractivity contribution < 1.29 is 37.1 Å². The molecular weight excluding hydrogens is 640 g/mol. The number of carbonyl (C=O) groups excluding carboxylic acids is 2. The molecule has 3 aromatic rings. The van der Waals surface area contributed by atoms with E-state index in [2.05, 4.69) is 34.4 Å². The van der Waals surface area contributed by atoms with Crippen LogP contribution in [0.5, 0.6) is 0 Å². The molecule has 3 N–H and O–H groups in total. The third-order valence-electron chi connectivity index (χ3n) is 8.88. The molecule has 0 aliphatic carbocycles. The molecule has 1 aliphatic rings. The largest absolute Gasteiger partial charge is 0.481 e. The topological polar surface area (TPSA) is 112 Å². The van der Waals surface area contributed by atoms with E-state index in [-0.39, 0.29) is 29.2 Å². The van der Waals surface area contributed by atoms with Gasteiger partial charge in [-0.05, 0) is 117 Å². The average molecular weight is 685 g/mol.